The molecule has 0 radical (unpaired) electrons. The van der Waals surface area contributed by atoms with Gasteiger partial charge in [-0.25, -0.2) is 9.59 Å². The van der Waals surface area contributed by atoms with E-state index in [-0.39, 0.29) is 18.3 Å². The molecule has 2 aliphatic rings. The van der Waals surface area contributed by atoms with Crippen LogP contribution in [0.5, 0.6) is 0 Å². The summed E-state index contributed by atoms with van der Waals surface area (Å²) in [7, 11) is 0. The number of aromatic nitrogens is 2. The number of nitrogens with zero attached hydrogens (tertiary/aromatic N) is 3. The van der Waals surface area contributed by atoms with Gasteiger partial charge in [0.2, 0.25) is 0 Å². The van der Waals surface area contributed by atoms with Crippen molar-refractivity contribution in [3.05, 3.63) is 17.0 Å². The fourth-order valence-electron chi connectivity index (χ4n) is 2.51. The molecule has 1 N–H and O–H groups in total. The normalized spacial score (nSPS) is 17.8. The van der Waals surface area contributed by atoms with Gasteiger partial charge in [0.25, 0.3) is 0 Å². The number of carbonyl (C=O) groups excluding carboxylic acids is 1. The van der Waals surface area contributed by atoms with Crippen LogP contribution in [0.1, 0.15) is 61.4 Å². The van der Waals surface area contributed by atoms with Gasteiger partial charge in [-0.3, -0.25) is 9.58 Å². The lowest BCUT2D eigenvalue weighted by Gasteiger charge is -2.24. The van der Waals surface area contributed by atoms with Crippen molar-refractivity contribution in [3.8, 4) is 0 Å². The Morgan fingerprint density at radius 1 is 1.29 bits per heavy atom. The van der Waals surface area contributed by atoms with Gasteiger partial charge in [-0.1, -0.05) is 0 Å². The molecule has 3 rings (SSSR count). The van der Waals surface area contributed by atoms with Crippen LogP contribution in [0.4, 0.5) is 4.79 Å². The summed E-state index contributed by atoms with van der Waals surface area (Å²) in [5.74, 6) is -1.04. The molecular weight excluding hydrogens is 274 g/mol. The Labute approximate surface area is 122 Å². The van der Waals surface area contributed by atoms with Crippen molar-refractivity contribution in [3.63, 3.8) is 0 Å². The molecule has 0 unspecified atom stereocenters. The van der Waals surface area contributed by atoms with E-state index in [4.69, 9.17) is 4.74 Å². The summed E-state index contributed by atoms with van der Waals surface area (Å²) in [6.07, 6.45) is 1.61. The molecule has 0 aromatic carbocycles. The molecule has 0 bridgehead atoms. The quantitative estimate of drug-likeness (QED) is 0.903. The Hall–Kier alpha value is -2.05. The van der Waals surface area contributed by atoms with E-state index in [1.165, 1.54) is 4.90 Å². The van der Waals surface area contributed by atoms with Gasteiger partial charge in [0.15, 0.2) is 5.69 Å². The third kappa shape index (κ3) is 2.59. The monoisotopic (exact) mass is 293 g/mol. The third-order valence-electron chi connectivity index (χ3n) is 3.56. The first-order valence-corrected chi connectivity index (χ1v) is 7.08. The first-order chi connectivity index (χ1) is 9.76. The molecule has 1 saturated carbocycles. The average Bonchev–Trinajstić information content (AvgIpc) is 2.97. The van der Waals surface area contributed by atoms with Crippen LogP contribution in [0, 0.1) is 0 Å². The van der Waals surface area contributed by atoms with Gasteiger partial charge in [0.05, 0.1) is 24.8 Å². The van der Waals surface area contributed by atoms with Crippen molar-refractivity contribution in [2.75, 3.05) is 0 Å². The lowest BCUT2D eigenvalue weighted by Crippen LogP contribution is -2.34. The fourth-order valence-corrected chi connectivity index (χ4v) is 2.51. The van der Waals surface area contributed by atoms with E-state index in [0.717, 1.165) is 18.5 Å². The summed E-state index contributed by atoms with van der Waals surface area (Å²) in [5, 5.41) is 13.5. The molecule has 1 amide bonds. The van der Waals surface area contributed by atoms with Crippen molar-refractivity contribution in [1.82, 2.24) is 14.7 Å². The van der Waals surface area contributed by atoms with Crippen LogP contribution >= 0.6 is 0 Å². The topological polar surface area (TPSA) is 84.7 Å². The predicted octanol–water partition coefficient (Wildman–Crippen LogP) is 2.17. The van der Waals surface area contributed by atoms with Crippen LogP contribution in [0.25, 0.3) is 0 Å². The van der Waals surface area contributed by atoms with Gasteiger partial charge < -0.3 is 9.84 Å². The Balaban J connectivity index is 1.85. The van der Waals surface area contributed by atoms with Crippen molar-refractivity contribution in [2.45, 2.75) is 58.3 Å². The number of ether oxygens (including phenoxy) is 1. The maximum atomic E-state index is 12.1. The van der Waals surface area contributed by atoms with Gasteiger partial charge in [-0.2, -0.15) is 5.10 Å². The molecule has 1 aromatic heterocycles. The fraction of sp³-hybridized carbons (Fsp3) is 0.643. The summed E-state index contributed by atoms with van der Waals surface area (Å²) < 4.78 is 7.13. The standard InChI is InChI=1S/C14H19N3O4/c1-14(2,3)21-13(20)16-6-9-10(7-16)17(8-4-5-8)15-11(9)12(18)19/h8H,4-7H2,1-3H3,(H,18,19). The second-order valence-electron chi connectivity index (χ2n) is 6.59. The number of hydrogen-bond donors (Lipinski definition) is 1. The van der Waals surface area contributed by atoms with Crippen LogP contribution < -0.4 is 0 Å². The Morgan fingerprint density at radius 2 is 1.95 bits per heavy atom. The van der Waals surface area contributed by atoms with Crippen LogP contribution in [0.15, 0.2) is 0 Å². The number of amides is 1. The van der Waals surface area contributed by atoms with E-state index >= 15 is 0 Å². The van der Waals surface area contributed by atoms with Crippen molar-refractivity contribution in [1.29, 1.82) is 0 Å². The van der Waals surface area contributed by atoms with E-state index in [9.17, 15) is 14.7 Å². The zero-order valence-corrected chi connectivity index (χ0v) is 12.4. The lowest BCUT2D eigenvalue weighted by molar-refractivity contribution is 0.0236. The van der Waals surface area contributed by atoms with Crippen LogP contribution in [-0.4, -0.2) is 37.5 Å². The molecule has 7 heteroatoms. The molecule has 2 heterocycles. The SMILES string of the molecule is CC(C)(C)OC(=O)N1Cc2c(C(=O)O)nn(C3CC3)c2C1. The van der Waals surface area contributed by atoms with Gasteiger partial charge in [-0.05, 0) is 33.6 Å². The van der Waals surface area contributed by atoms with Gasteiger partial charge in [0, 0.05) is 5.56 Å². The number of hydrogen-bond acceptors (Lipinski definition) is 4. The maximum Gasteiger partial charge on any atom is 0.410 e. The molecule has 0 atom stereocenters. The molecule has 21 heavy (non-hydrogen) atoms. The first-order valence-electron chi connectivity index (χ1n) is 7.08. The van der Waals surface area contributed by atoms with Gasteiger partial charge in [-0.15, -0.1) is 0 Å². The zero-order chi connectivity index (χ0) is 15.4. The third-order valence-corrected chi connectivity index (χ3v) is 3.56. The number of carbonyl (C=O) groups is 2. The molecule has 1 aromatic rings. The number of carboxylic acid groups (broad SMARTS) is 1. The lowest BCUT2D eigenvalue weighted by atomic mass is 10.2. The van der Waals surface area contributed by atoms with E-state index in [1.54, 1.807) is 4.68 Å². The number of fused-ring (bicyclic) bond motifs is 1. The van der Waals surface area contributed by atoms with Crippen LogP contribution in [0.3, 0.4) is 0 Å². The molecule has 1 fully saturated rings. The number of carboxylic acids is 1. The Kier molecular flexibility index (Phi) is 2.96. The molecule has 114 valence electrons. The molecule has 1 aliphatic heterocycles. The molecule has 7 nitrogen and oxygen atoms in total. The zero-order valence-electron chi connectivity index (χ0n) is 12.4. The summed E-state index contributed by atoms with van der Waals surface area (Å²) in [6.45, 7) is 6.04. The van der Waals surface area contributed by atoms with Gasteiger partial charge >= 0.3 is 12.1 Å². The number of rotatable bonds is 2. The number of aromatic carboxylic acids is 1. The summed E-state index contributed by atoms with van der Waals surface area (Å²) >= 11 is 0. The first kappa shape index (κ1) is 13.9. The van der Waals surface area contributed by atoms with Crippen LogP contribution in [0.2, 0.25) is 0 Å². The molecular formula is C14H19N3O4. The highest BCUT2D eigenvalue weighted by Gasteiger charge is 2.38. The summed E-state index contributed by atoms with van der Waals surface area (Å²) in [5.41, 5.74) is 0.966. The summed E-state index contributed by atoms with van der Waals surface area (Å²) in [4.78, 5) is 25.0. The smallest absolute Gasteiger partial charge is 0.410 e. The minimum absolute atomic E-state index is 0.0583. The maximum absolute atomic E-state index is 12.1. The Bertz CT molecular complexity index is 610. The second-order valence-corrected chi connectivity index (χ2v) is 6.59. The van der Waals surface area contributed by atoms with Crippen molar-refractivity contribution in [2.24, 2.45) is 0 Å². The average molecular weight is 293 g/mol. The van der Waals surface area contributed by atoms with Crippen molar-refractivity contribution >= 4 is 12.1 Å². The van der Waals surface area contributed by atoms with E-state index in [0.29, 0.717) is 12.1 Å². The minimum Gasteiger partial charge on any atom is -0.476 e. The molecule has 0 saturated heterocycles. The van der Waals surface area contributed by atoms with E-state index < -0.39 is 17.7 Å². The molecule has 1 aliphatic carbocycles. The summed E-state index contributed by atoms with van der Waals surface area (Å²) in [6, 6.07) is 0.283. The highest BCUT2D eigenvalue weighted by atomic mass is 16.6. The molecule has 0 spiro atoms. The highest BCUT2D eigenvalue weighted by Crippen LogP contribution is 2.39. The van der Waals surface area contributed by atoms with E-state index in [1.807, 2.05) is 20.8 Å². The minimum atomic E-state index is -1.04. The second kappa shape index (κ2) is 4.47. The Morgan fingerprint density at radius 3 is 2.48 bits per heavy atom. The van der Waals surface area contributed by atoms with Gasteiger partial charge in [0.1, 0.15) is 5.60 Å². The van der Waals surface area contributed by atoms with Crippen molar-refractivity contribution < 1.29 is 19.4 Å². The highest BCUT2D eigenvalue weighted by molar-refractivity contribution is 5.88. The van der Waals surface area contributed by atoms with E-state index in [2.05, 4.69) is 5.10 Å². The largest absolute Gasteiger partial charge is 0.476 e. The predicted molar refractivity (Wildman–Crippen MR) is 72.9 cm³/mol. The van der Waals surface area contributed by atoms with Crippen LogP contribution in [-0.2, 0) is 17.8 Å².